The van der Waals surface area contributed by atoms with Gasteiger partial charge in [-0.3, -0.25) is 0 Å². The minimum atomic E-state index is -2.97. The van der Waals surface area contributed by atoms with Gasteiger partial charge in [0.25, 0.3) is 0 Å². The SMILES string of the molecule is CC(O)c1ccnc(N(C)CCS(C)(=O)=O)c1. The lowest BCUT2D eigenvalue weighted by Crippen LogP contribution is -2.25. The summed E-state index contributed by atoms with van der Waals surface area (Å²) in [5.41, 5.74) is 0.765. The zero-order chi connectivity index (χ0) is 13.1. The highest BCUT2D eigenvalue weighted by molar-refractivity contribution is 7.90. The molecule has 1 atom stereocenters. The van der Waals surface area contributed by atoms with Crippen molar-refractivity contribution in [2.24, 2.45) is 0 Å². The monoisotopic (exact) mass is 258 g/mol. The molecule has 1 aromatic heterocycles. The Kier molecular flexibility index (Phi) is 4.47. The summed E-state index contributed by atoms with van der Waals surface area (Å²) in [4.78, 5) is 5.90. The van der Waals surface area contributed by atoms with Gasteiger partial charge in [-0.1, -0.05) is 0 Å². The van der Waals surface area contributed by atoms with Crippen molar-refractivity contribution in [2.45, 2.75) is 13.0 Å². The van der Waals surface area contributed by atoms with Crippen molar-refractivity contribution in [1.82, 2.24) is 4.98 Å². The van der Waals surface area contributed by atoms with Crippen LogP contribution in [0.1, 0.15) is 18.6 Å². The first-order valence-corrected chi connectivity index (χ1v) is 7.38. The summed E-state index contributed by atoms with van der Waals surface area (Å²) in [6, 6.07) is 3.49. The van der Waals surface area contributed by atoms with Gasteiger partial charge < -0.3 is 10.0 Å². The molecule has 1 unspecified atom stereocenters. The maximum atomic E-state index is 11.1. The summed E-state index contributed by atoms with van der Waals surface area (Å²) in [5.74, 6) is 0.747. The third-order valence-electron chi connectivity index (χ3n) is 2.44. The van der Waals surface area contributed by atoms with Crippen molar-refractivity contribution in [2.75, 3.05) is 30.5 Å². The number of aromatic nitrogens is 1. The Morgan fingerprint density at radius 2 is 2.18 bits per heavy atom. The van der Waals surface area contributed by atoms with Gasteiger partial charge in [-0.2, -0.15) is 0 Å². The minimum Gasteiger partial charge on any atom is -0.389 e. The van der Waals surface area contributed by atoms with Crippen LogP contribution in [0.5, 0.6) is 0 Å². The largest absolute Gasteiger partial charge is 0.389 e. The molecule has 0 aliphatic heterocycles. The lowest BCUT2D eigenvalue weighted by atomic mass is 10.2. The van der Waals surface area contributed by atoms with Gasteiger partial charge >= 0.3 is 0 Å². The van der Waals surface area contributed by atoms with E-state index in [1.54, 1.807) is 37.2 Å². The Hall–Kier alpha value is -1.14. The second kappa shape index (κ2) is 5.46. The van der Waals surface area contributed by atoms with Crippen LogP contribution in [0.4, 0.5) is 5.82 Å². The van der Waals surface area contributed by atoms with E-state index in [9.17, 15) is 13.5 Å². The molecule has 0 spiro atoms. The molecule has 0 aromatic carbocycles. The van der Waals surface area contributed by atoms with E-state index in [4.69, 9.17) is 0 Å². The number of hydrogen-bond donors (Lipinski definition) is 1. The van der Waals surface area contributed by atoms with Crippen LogP contribution in [0.25, 0.3) is 0 Å². The van der Waals surface area contributed by atoms with Crippen molar-refractivity contribution < 1.29 is 13.5 Å². The molecule has 0 saturated heterocycles. The van der Waals surface area contributed by atoms with Gasteiger partial charge in [0, 0.05) is 26.0 Å². The molecule has 0 saturated carbocycles. The van der Waals surface area contributed by atoms with Crippen LogP contribution in [0.15, 0.2) is 18.3 Å². The molecule has 1 N–H and O–H groups in total. The molecule has 6 heteroatoms. The van der Waals surface area contributed by atoms with E-state index in [0.29, 0.717) is 12.4 Å². The number of sulfone groups is 1. The molecule has 0 aliphatic rings. The highest BCUT2D eigenvalue weighted by Gasteiger charge is 2.09. The number of pyridine rings is 1. The third kappa shape index (κ3) is 4.70. The molecule has 17 heavy (non-hydrogen) atoms. The molecule has 0 fully saturated rings. The highest BCUT2D eigenvalue weighted by atomic mass is 32.2. The van der Waals surface area contributed by atoms with Crippen LogP contribution >= 0.6 is 0 Å². The molecule has 1 rings (SSSR count). The zero-order valence-corrected chi connectivity index (χ0v) is 11.1. The first-order valence-electron chi connectivity index (χ1n) is 5.32. The number of hydrogen-bond acceptors (Lipinski definition) is 5. The number of aliphatic hydroxyl groups is 1. The van der Waals surface area contributed by atoms with Gasteiger partial charge in [-0.05, 0) is 24.6 Å². The lowest BCUT2D eigenvalue weighted by molar-refractivity contribution is 0.199. The Morgan fingerprint density at radius 1 is 1.53 bits per heavy atom. The fourth-order valence-electron chi connectivity index (χ4n) is 1.32. The van der Waals surface area contributed by atoms with Crippen molar-refractivity contribution in [3.63, 3.8) is 0 Å². The highest BCUT2D eigenvalue weighted by Crippen LogP contribution is 2.16. The van der Waals surface area contributed by atoms with Gasteiger partial charge in [0.15, 0.2) is 0 Å². The van der Waals surface area contributed by atoms with Gasteiger partial charge in [0.2, 0.25) is 0 Å². The molecular formula is C11H18N2O3S. The van der Waals surface area contributed by atoms with Crippen LogP contribution in [0.2, 0.25) is 0 Å². The van der Waals surface area contributed by atoms with Crippen LogP contribution in [-0.2, 0) is 9.84 Å². The zero-order valence-electron chi connectivity index (χ0n) is 10.3. The fraction of sp³-hybridized carbons (Fsp3) is 0.545. The van der Waals surface area contributed by atoms with Crippen molar-refractivity contribution in [1.29, 1.82) is 0 Å². The number of anilines is 1. The molecule has 5 nitrogen and oxygen atoms in total. The predicted octanol–water partition coefficient (Wildman–Crippen LogP) is 0.616. The second-order valence-electron chi connectivity index (χ2n) is 4.17. The van der Waals surface area contributed by atoms with E-state index in [1.807, 2.05) is 0 Å². The topological polar surface area (TPSA) is 70.5 Å². The first kappa shape index (κ1) is 13.9. The predicted molar refractivity (Wildman–Crippen MR) is 67.9 cm³/mol. The van der Waals surface area contributed by atoms with Crippen LogP contribution in [0.3, 0.4) is 0 Å². The standard InChI is InChI=1S/C11H18N2O3S/c1-9(14)10-4-5-12-11(8-10)13(2)6-7-17(3,15)16/h4-5,8-9,14H,6-7H2,1-3H3. The number of rotatable bonds is 5. The van der Waals surface area contributed by atoms with E-state index < -0.39 is 15.9 Å². The molecule has 0 aliphatic carbocycles. The molecule has 96 valence electrons. The molecular weight excluding hydrogens is 240 g/mol. The van der Waals surface area contributed by atoms with E-state index in [-0.39, 0.29) is 5.75 Å². The summed E-state index contributed by atoms with van der Waals surface area (Å²) < 4.78 is 22.1. The summed E-state index contributed by atoms with van der Waals surface area (Å²) >= 11 is 0. The fourth-order valence-corrected chi connectivity index (χ4v) is 1.93. The smallest absolute Gasteiger partial charge is 0.149 e. The number of aliphatic hydroxyl groups excluding tert-OH is 1. The van der Waals surface area contributed by atoms with Gasteiger partial charge in [0.1, 0.15) is 15.7 Å². The van der Waals surface area contributed by atoms with Crippen molar-refractivity contribution in [3.05, 3.63) is 23.9 Å². The van der Waals surface area contributed by atoms with Gasteiger partial charge in [0.05, 0.1) is 11.9 Å². The van der Waals surface area contributed by atoms with Crippen molar-refractivity contribution in [3.8, 4) is 0 Å². The maximum Gasteiger partial charge on any atom is 0.149 e. The number of nitrogens with zero attached hydrogens (tertiary/aromatic N) is 2. The average molecular weight is 258 g/mol. The Labute approximate surface area is 102 Å². The van der Waals surface area contributed by atoms with Gasteiger partial charge in [-0.15, -0.1) is 0 Å². The quantitative estimate of drug-likeness (QED) is 0.838. The van der Waals surface area contributed by atoms with E-state index >= 15 is 0 Å². The third-order valence-corrected chi connectivity index (χ3v) is 3.36. The van der Waals surface area contributed by atoms with Crippen LogP contribution < -0.4 is 4.90 Å². The summed E-state index contributed by atoms with van der Waals surface area (Å²) in [5, 5.41) is 9.45. The Balaban J connectivity index is 2.75. The van der Waals surface area contributed by atoms with E-state index in [2.05, 4.69) is 4.98 Å². The van der Waals surface area contributed by atoms with E-state index in [0.717, 1.165) is 5.56 Å². The molecule has 0 bridgehead atoms. The average Bonchev–Trinajstić information content (AvgIpc) is 2.25. The van der Waals surface area contributed by atoms with Crippen LogP contribution in [0, 0.1) is 0 Å². The Morgan fingerprint density at radius 3 is 2.71 bits per heavy atom. The summed E-state index contributed by atoms with van der Waals surface area (Å²) in [6.45, 7) is 2.06. The lowest BCUT2D eigenvalue weighted by Gasteiger charge is -2.18. The normalized spacial score (nSPS) is 13.4. The molecule has 1 aromatic rings. The van der Waals surface area contributed by atoms with Crippen LogP contribution in [-0.4, -0.2) is 44.1 Å². The summed E-state index contributed by atoms with van der Waals surface area (Å²) in [7, 11) is -1.20. The first-order chi connectivity index (χ1) is 7.79. The summed E-state index contributed by atoms with van der Waals surface area (Å²) in [6.07, 6.45) is 2.26. The second-order valence-corrected chi connectivity index (χ2v) is 6.43. The van der Waals surface area contributed by atoms with E-state index in [1.165, 1.54) is 6.26 Å². The molecule has 0 radical (unpaired) electrons. The Bertz CT molecular complexity index is 471. The minimum absolute atomic E-state index is 0.0874. The molecule has 0 amide bonds. The molecule has 1 heterocycles. The van der Waals surface area contributed by atoms with Crippen molar-refractivity contribution >= 4 is 15.7 Å². The maximum absolute atomic E-state index is 11.1. The van der Waals surface area contributed by atoms with Gasteiger partial charge in [-0.25, -0.2) is 13.4 Å².